The van der Waals surface area contributed by atoms with Crippen molar-refractivity contribution in [2.24, 2.45) is 0 Å². The van der Waals surface area contributed by atoms with Crippen LogP contribution in [0.15, 0.2) is 29.2 Å². The highest BCUT2D eigenvalue weighted by Gasteiger charge is 2.27. The molecule has 38 heavy (non-hydrogen) atoms. The highest BCUT2D eigenvalue weighted by atomic mass is 32.2. The molecule has 1 saturated heterocycles. The van der Waals surface area contributed by atoms with Gasteiger partial charge < -0.3 is 14.8 Å². The molecule has 1 fully saturated rings. The number of benzene rings is 1. The molecule has 0 spiro atoms. The highest BCUT2D eigenvalue weighted by molar-refractivity contribution is 7.89. The molecule has 1 N–H and O–H groups in total. The first-order valence-electron chi connectivity index (χ1n) is 13.6. The maximum atomic E-state index is 12.9. The molecule has 1 amide bonds. The van der Waals surface area contributed by atoms with E-state index in [1.807, 2.05) is 11.6 Å². The fraction of sp³-hybridized carbons (Fsp3) is 0.593. The smallest absolute Gasteiger partial charge is 0.338 e. The van der Waals surface area contributed by atoms with Gasteiger partial charge in [-0.3, -0.25) is 9.48 Å². The number of unbranched alkanes of at least 4 members (excludes halogenated alkanes) is 1. The van der Waals surface area contributed by atoms with Crippen LogP contribution in [0.5, 0.6) is 0 Å². The third kappa shape index (κ3) is 6.81. The molecule has 3 heterocycles. The van der Waals surface area contributed by atoms with E-state index in [9.17, 15) is 18.0 Å². The zero-order valence-electron chi connectivity index (χ0n) is 22.1. The number of rotatable bonds is 9. The van der Waals surface area contributed by atoms with Crippen LogP contribution in [-0.4, -0.2) is 73.8 Å². The first-order valence-corrected chi connectivity index (χ1v) is 15.1. The maximum Gasteiger partial charge on any atom is 0.338 e. The molecule has 0 radical (unpaired) electrons. The van der Waals surface area contributed by atoms with Gasteiger partial charge in [0.15, 0.2) is 0 Å². The van der Waals surface area contributed by atoms with Gasteiger partial charge in [0.25, 0.3) is 5.91 Å². The number of ether oxygens (including phenoxy) is 2. The second-order valence-electron chi connectivity index (χ2n) is 9.65. The third-order valence-corrected chi connectivity index (χ3v) is 8.85. The zero-order chi connectivity index (χ0) is 27.0. The van der Waals surface area contributed by atoms with Crippen LogP contribution >= 0.6 is 0 Å². The number of carbonyl (C=O) groups excluding carboxylic acids is 2. The van der Waals surface area contributed by atoms with Gasteiger partial charge in [-0.15, -0.1) is 0 Å². The molecular formula is C27H38N4O6S. The Morgan fingerprint density at radius 2 is 1.82 bits per heavy atom. The van der Waals surface area contributed by atoms with Crippen LogP contribution in [0.4, 0.5) is 0 Å². The van der Waals surface area contributed by atoms with Crippen molar-refractivity contribution in [1.82, 2.24) is 19.4 Å². The molecule has 0 saturated carbocycles. The summed E-state index contributed by atoms with van der Waals surface area (Å²) in [6.45, 7) is 5.81. The quantitative estimate of drug-likeness (QED) is 0.379. The first-order chi connectivity index (χ1) is 18.4. The van der Waals surface area contributed by atoms with Gasteiger partial charge in [-0.2, -0.15) is 9.40 Å². The van der Waals surface area contributed by atoms with Crippen molar-refractivity contribution in [3.8, 4) is 0 Å². The summed E-state index contributed by atoms with van der Waals surface area (Å²) in [5, 5.41) is 7.71. The summed E-state index contributed by atoms with van der Waals surface area (Å²) in [6, 6.07) is 5.94. The number of aryl methyl sites for hydroxylation is 2. The SMILES string of the molecule is CCc1nn(CCCCOC(=O)c2ccc(S(=O)(=O)N3CCCC3)cc2)c2c1C(=O)NCCCOCCC2. The number of hydrogen-bond donors (Lipinski definition) is 1. The first kappa shape index (κ1) is 28.3. The predicted octanol–water partition coefficient (Wildman–Crippen LogP) is 2.95. The molecule has 0 atom stereocenters. The fourth-order valence-electron chi connectivity index (χ4n) is 4.86. The molecule has 2 aliphatic rings. The lowest BCUT2D eigenvalue weighted by Gasteiger charge is -2.15. The number of carbonyl (C=O) groups is 2. The van der Waals surface area contributed by atoms with Crippen molar-refractivity contribution in [2.45, 2.75) is 69.7 Å². The minimum atomic E-state index is -3.51. The number of esters is 1. The van der Waals surface area contributed by atoms with Crippen molar-refractivity contribution in [2.75, 3.05) is 39.5 Å². The topological polar surface area (TPSA) is 120 Å². The van der Waals surface area contributed by atoms with Crippen molar-refractivity contribution >= 4 is 21.9 Å². The highest BCUT2D eigenvalue weighted by Crippen LogP contribution is 2.22. The Bertz CT molecular complexity index is 1200. The molecular weight excluding hydrogens is 508 g/mol. The number of aromatic nitrogens is 2. The Balaban J connectivity index is 1.29. The monoisotopic (exact) mass is 546 g/mol. The van der Waals surface area contributed by atoms with Crippen LogP contribution in [0.3, 0.4) is 0 Å². The van der Waals surface area contributed by atoms with Crippen molar-refractivity contribution in [1.29, 1.82) is 0 Å². The Morgan fingerprint density at radius 1 is 1.08 bits per heavy atom. The van der Waals surface area contributed by atoms with E-state index in [0.717, 1.165) is 43.5 Å². The lowest BCUT2D eigenvalue weighted by molar-refractivity contribution is 0.0496. The van der Waals surface area contributed by atoms with E-state index in [1.54, 1.807) is 0 Å². The molecule has 4 rings (SSSR count). The summed E-state index contributed by atoms with van der Waals surface area (Å²) in [5.41, 5.74) is 2.75. The molecule has 2 aromatic rings. The number of sulfonamides is 1. The van der Waals surface area contributed by atoms with Crippen LogP contribution in [0.25, 0.3) is 0 Å². The van der Waals surface area contributed by atoms with E-state index in [2.05, 4.69) is 5.32 Å². The maximum absolute atomic E-state index is 12.9. The largest absolute Gasteiger partial charge is 0.462 e. The summed E-state index contributed by atoms with van der Waals surface area (Å²) in [7, 11) is -3.51. The molecule has 0 aliphatic carbocycles. The van der Waals surface area contributed by atoms with E-state index in [4.69, 9.17) is 14.6 Å². The number of nitrogens with zero attached hydrogens (tertiary/aromatic N) is 3. The van der Waals surface area contributed by atoms with Crippen molar-refractivity contribution in [3.63, 3.8) is 0 Å². The Morgan fingerprint density at radius 3 is 2.55 bits per heavy atom. The molecule has 208 valence electrons. The molecule has 0 unspecified atom stereocenters. The number of fused-ring (bicyclic) bond motifs is 1. The van der Waals surface area contributed by atoms with Crippen molar-refractivity contribution in [3.05, 3.63) is 46.8 Å². The normalized spacial score (nSPS) is 17.4. The van der Waals surface area contributed by atoms with Crippen LogP contribution in [0.1, 0.15) is 77.6 Å². The average molecular weight is 547 g/mol. The van der Waals surface area contributed by atoms with Crippen LogP contribution in [0.2, 0.25) is 0 Å². The summed E-state index contributed by atoms with van der Waals surface area (Å²) < 4.78 is 39.8. The van der Waals surface area contributed by atoms with Gasteiger partial charge >= 0.3 is 5.97 Å². The van der Waals surface area contributed by atoms with E-state index < -0.39 is 16.0 Å². The van der Waals surface area contributed by atoms with E-state index in [0.29, 0.717) is 69.8 Å². The second-order valence-corrected chi connectivity index (χ2v) is 11.6. The van der Waals surface area contributed by atoms with E-state index in [-0.39, 0.29) is 17.4 Å². The molecule has 0 bridgehead atoms. The van der Waals surface area contributed by atoms with E-state index >= 15 is 0 Å². The van der Waals surface area contributed by atoms with Crippen LogP contribution < -0.4 is 5.32 Å². The van der Waals surface area contributed by atoms with E-state index in [1.165, 1.54) is 28.6 Å². The summed E-state index contributed by atoms with van der Waals surface area (Å²) in [6.07, 6.45) is 6.12. The number of nitrogens with one attached hydrogen (secondary N) is 1. The third-order valence-electron chi connectivity index (χ3n) is 6.94. The van der Waals surface area contributed by atoms with Crippen LogP contribution in [0, 0.1) is 0 Å². The molecule has 2 aliphatic heterocycles. The minimum absolute atomic E-state index is 0.0711. The summed E-state index contributed by atoms with van der Waals surface area (Å²) in [5.74, 6) is -0.550. The van der Waals surface area contributed by atoms with Gasteiger partial charge in [0.05, 0.1) is 34.0 Å². The van der Waals surface area contributed by atoms with Crippen LogP contribution in [-0.2, 0) is 38.9 Å². The Labute approximate surface area is 224 Å². The molecule has 1 aromatic heterocycles. The van der Waals surface area contributed by atoms with Gasteiger partial charge in [-0.25, -0.2) is 13.2 Å². The summed E-state index contributed by atoms with van der Waals surface area (Å²) >= 11 is 0. The second kappa shape index (κ2) is 13.3. The zero-order valence-corrected chi connectivity index (χ0v) is 22.9. The molecule has 10 nitrogen and oxygen atoms in total. The number of hydrogen-bond acceptors (Lipinski definition) is 7. The van der Waals surface area contributed by atoms with Gasteiger partial charge in [0.2, 0.25) is 10.0 Å². The molecule has 11 heteroatoms. The Kier molecular flexibility index (Phi) is 9.92. The van der Waals surface area contributed by atoms with Gasteiger partial charge in [0.1, 0.15) is 0 Å². The average Bonchev–Trinajstić information content (AvgIpc) is 3.58. The predicted molar refractivity (Wildman–Crippen MR) is 142 cm³/mol. The number of amides is 1. The van der Waals surface area contributed by atoms with Gasteiger partial charge in [-0.05, 0) is 75.6 Å². The minimum Gasteiger partial charge on any atom is -0.462 e. The van der Waals surface area contributed by atoms with Gasteiger partial charge in [0, 0.05) is 39.4 Å². The molecule has 1 aromatic carbocycles. The fourth-order valence-corrected chi connectivity index (χ4v) is 6.38. The lowest BCUT2D eigenvalue weighted by Crippen LogP contribution is -2.27. The summed E-state index contributed by atoms with van der Waals surface area (Å²) in [4.78, 5) is 25.5. The lowest BCUT2D eigenvalue weighted by atomic mass is 10.1. The standard InChI is InChI=1S/C27H38N4O6S/c1-2-23-25-24(9-7-18-36-19-8-14-28-26(25)32)31(29-23)17-5-6-20-37-27(33)21-10-12-22(13-11-21)38(34,35)30-15-3-4-16-30/h10-13H,2-9,14-20H2,1H3,(H,28,32). The van der Waals surface area contributed by atoms with Crippen molar-refractivity contribution < 1.29 is 27.5 Å². The Hall–Kier alpha value is -2.76. The van der Waals surface area contributed by atoms with Gasteiger partial charge in [-0.1, -0.05) is 6.92 Å².